The predicted molar refractivity (Wildman–Crippen MR) is 81.5 cm³/mol. The first-order valence-electron chi connectivity index (χ1n) is 7.03. The molecule has 1 unspecified atom stereocenters. The largest absolute Gasteiger partial charge is 0.346 e. The third-order valence-corrected chi connectivity index (χ3v) is 6.38. The van der Waals surface area contributed by atoms with Crippen LogP contribution in [0.15, 0.2) is 17.2 Å². The Hall–Kier alpha value is -0.520. The van der Waals surface area contributed by atoms with Crippen molar-refractivity contribution >= 4 is 21.6 Å². The quantitative estimate of drug-likeness (QED) is 0.756. The van der Waals surface area contributed by atoms with Crippen molar-refractivity contribution in [3.63, 3.8) is 0 Å². The molecule has 0 amide bonds. The number of rotatable bonds is 6. The third-order valence-electron chi connectivity index (χ3n) is 4.20. The molecule has 1 aliphatic rings. The number of alkyl halides is 1. The van der Waals surface area contributed by atoms with Crippen molar-refractivity contribution in [1.29, 1.82) is 0 Å². The van der Waals surface area contributed by atoms with Crippen molar-refractivity contribution < 1.29 is 8.42 Å². The van der Waals surface area contributed by atoms with Gasteiger partial charge >= 0.3 is 0 Å². The number of sulfonamides is 1. The maximum absolute atomic E-state index is 12.7. The highest BCUT2D eigenvalue weighted by Crippen LogP contribution is 2.38. The summed E-state index contributed by atoms with van der Waals surface area (Å²) in [6.45, 7) is 5.98. The maximum atomic E-state index is 12.7. The highest BCUT2D eigenvalue weighted by atomic mass is 35.5. The van der Waals surface area contributed by atoms with E-state index < -0.39 is 10.0 Å². The van der Waals surface area contributed by atoms with Gasteiger partial charge in [-0.3, -0.25) is 0 Å². The summed E-state index contributed by atoms with van der Waals surface area (Å²) in [5, 5.41) is 0. The molecule has 1 aromatic heterocycles. The Labute approximate surface area is 126 Å². The molecule has 1 atom stereocenters. The van der Waals surface area contributed by atoms with Crippen molar-refractivity contribution in [2.75, 3.05) is 7.05 Å². The normalized spacial score (nSPS) is 17.9. The highest BCUT2D eigenvalue weighted by molar-refractivity contribution is 7.89. The lowest BCUT2D eigenvalue weighted by Gasteiger charge is -2.26. The van der Waals surface area contributed by atoms with E-state index in [0.717, 1.165) is 18.5 Å². The zero-order valence-corrected chi connectivity index (χ0v) is 14.1. The Morgan fingerprint density at radius 3 is 2.45 bits per heavy atom. The van der Waals surface area contributed by atoms with Gasteiger partial charge in [0.15, 0.2) is 0 Å². The summed E-state index contributed by atoms with van der Waals surface area (Å²) in [5.41, 5.74) is 0.887. The molecule has 0 bridgehead atoms. The summed E-state index contributed by atoms with van der Waals surface area (Å²) in [6, 6.07) is 2.11. The monoisotopic (exact) mass is 318 g/mol. The first-order chi connectivity index (χ1) is 9.28. The average Bonchev–Trinajstić information content (AvgIpc) is 3.15. The smallest absolute Gasteiger partial charge is 0.244 e. The van der Waals surface area contributed by atoms with Gasteiger partial charge in [-0.25, -0.2) is 8.42 Å². The third kappa shape index (κ3) is 2.90. The molecule has 1 aromatic rings. The Bertz CT molecular complexity index is 576. The molecular weight excluding hydrogens is 296 g/mol. The van der Waals surface area contributed by atoms with Gasteiger partial charge in [0.2, 0.25) is 10.0 Å². The van der Waals surface area contributed by atoms with Crippen LogP contribution in [0.2, 0.25) is 0 Å². The fraction of sp³-hybridized carbons (Fsp3) is 0.714. The molecule has 4 nitrogen and oxygen atoms in total. The highest BCUT2D eigenvalue weighted by Gasteiger charge is 2.31. The molecule has 1 heterocycles. The van der Waals surface area contributed by atoms with E-state index in [1.54, 1.807) is 19.3 Å². The number of hydrogen-bond acceptors (Lipinski definition) is 2. The lowest BCUT2D eigenvalue weighted by Crippen LogP contribution is -2.38. The van der Waals surface area contributed by atoms with E-state index in [1.807, 2.05) is 25.3 Å². The van der Waals surface area contributed by atoms with Crippen LogP contribution >= 0.6 is 11.6 Å². The van der Waals surface area contributed by atoms with Gasteiger partial charge in [0.25, 0.3) is 0 Å². The van der Waals surface area contributed by atoms with Gasteiger partial charge in [-0.2, -0.15) is 4.31 Å². The van der Waals surface area contributed by atoms with E-state index in [0.29, 0.717) is 16.8 Å². The predicted octanol–water partition coefficient (Wildman–Crippen LogP) is 3.23. The van der Waals surface area contributed by atoms with Crippen LogP contribution in [-0.2, 0) is 15.9 Å². The first kappa shape index (κ1) is 15.9. The van der Waals surface area contributed by atoms with Crippen molar-refractivity contribution in [1.82, 2.24) is 8.87 Å². The summed E-state index contributed by atoms with van der Waals surface area (Å²) in [7, 11) is -1.80. The van der Waals surface area contributed by atoms with Crippen molar-refractivity contribution in [3.8, 4) is 0 Å². The second-order valence-corrected chi connectivity index (χ2v) is 8.21. The molecule has 0 radical (unpaired) electrons. The Morgan fingerprint density at radius 2 is 2.00 bits per heavy atom. The molecule has 0 aromatic carbocycles. The van der Waals surface area contributed by atoms with E-state index in [2.05, 4.69) is 0 Å². The SMILES string of the molecule is CC(C)C(C)N(C)S(=O)(=O)c1cc(CCl)n(C2CC2)c1. The lowest BCUT2D eigenvalue weighted by atomic mass is 10.1. The lowest BCUT2D eigenvalue weighted by molar-refractivity contribution is 0.316. The number of halogens is 1. The van der Waals surface area contributed by atoms with Gasteiger partial charge < -0.3 is 4.57 Å². The van der Waals surface area contributed by atoms with E-state index in [1.165, 1.54) is 4.31 Å². The fourth-order valence-electron chi connectivity index (χ4n) is 2.24. The summed E-state index contributed by atoms with van der Waals surface area (Å²) in [4.78, 5) is 0.357. The van der Waals surface area contributed by atoms with Gasteiger partial charge in [-0.15, -0.1) is 11.6 Å². The van der Waals surface area contributed by atoms with Crippen LogP contribution in [0.25, 0.3) is 0 Å². The Kier molecular flexibility index (Phi) is 4.52. The summed E-state index contributed by atoms with van der Waals surface area (Å²) >= 11 is 5.93. The molecule has 114 valence electrons. The first-order valence-corrected chi connectivity index (χ1v) is 9.01. The van der Waals surface area contributed by atoms with Crippen LogP contribution < -0.4 is 0 Å². The van der Waals surface area contributed by atoms with Crippen LogP contribution in [0, 0.1) is 5.92 Å². The molecule has 6 heteroatoms. The van der Waals surface area contributed by atoms with E-state index >= 15 is 0 Å². The number of aromatic nitrogens is 1. The average molecular weight is 319 g/mol. The van der Waals surface area contributed by atoms with Crippen molar-refractivity contribution in [2.24, 2.45) is 5.92 Å². The Morgan fingerprint density at radius 1 is 1.40 bits per heavy atom. The Balaban J connectivity index is 2.34. The van der Waals surface area contributed by atoms with Gasteiger partial charge in [0.05, 0.1) is 5.88 Å². The molecule has 2 rings (SSSR count). The molecule has 1 saturated carbocycles. The summed E-state index contributed by atoms with van der Waals surface area (Å²) in [6.07, 6.45) is 3.96. The molecule has 0 aliphatic heterocycles. The minimum absolute atomic E-state index is 0.0382. The molecule has 20 heavy (non-hydrogen) atoms. The van der Waals surface area contributed by atoms with E-state index in [9.17, 15) is 8.42 Å². The summed E-state index contributed by atoms with van der Waals surface area (Å²) < 4.78 is 28.8. The summed E-state index contributed by atoms with van der Waals surface area (Å²) in [5.74, 6) is 0.614. The molecular formula is C14H23ClN2O2S. The van der Waals surface area contributed by atoms with Gasteiger partial charge in [-0.05, 0) is 31.7 Å². The maximum Gasteiger partial charge on any atom is 0.244 e. The van der Waals surface area contributed by atoms with Crippen LogP contribution in [0.5, 0.6) is 0 Å². The minimum atomic E-state index is -3.45. The van der Waals surface area contributed by atoms with Crippen LogP contribution in [0.1, 0.15) is 45.3 Å². The number of nitrogens with zero attached hydrogens (tertiary/aromatic N) is 2. The second kappa shape index (κ2) is 5.70. The zero-order valence-electron chi connectivity index (χ0n) is 12.5. The van der Waals surface area contributed by atoms with Gasteiger partial charge in [0, 0.05) is 31.0 Å². The fourth-order valence-corrected chi connectivity index (χ4v) is 4.00. The molecule has 1 aliphatic carbocycles. The van der Waals surface area contributed by atoms with Gasteiger partial charge in [-0.1, -0.05) is 13.8 Å². The number of hydrogen-bond donors (Lipinski definition) is 0. The van der Waals surface area contributed by atoms with Crippen LogP contribution in [0.3, 0.4) is 0 Å². The molecule has 0 N–H and O–H groups in total. The zero-order chi connectivity index (χ0) is 15.1. The van der Waals surface area contributed by atoms with Crippen LogP contribution in [-0.4, -0.2) is 30.4 Å². The van der Waals surface area contributed by atoms with Gasteiger partial charge in [0.1, 0.15) is 4.90 Å². The topological polar surface area (TPSA) is 42.3 Å². The molecule has 0 saturated heterocycles. The van der Waals surface area contributed by atoms with Crippen LogP contribution in [0.4, 0.5) is 0 Å². The molecule has 1 fully saturated rings. The van der Waals surface area contributed by atoms with E-state index in [-0.39, 0.29) is 12.0 Å². The molecule has 0 spiro atoms. The standard InChI is InChI=1S/C14H23ClN2O2S/c1-10(2)11(3)16(4)20(18,19)14-7-13(8-15)17(9-14)12-5-6-12/h7,9-12H,5-6,8H2,1-4H3. The van der Waals surface area contributed by atoms with E-state index in [4.69, 9.17) is 11.6 Å². The van der Waals surface area contributed by atoms with Crippen molar-refractivity contribution in [2.45, 2.75) is 56.5 Å². The minimum Gasteiger partial charge on any atom is -0.346 e. The van der Waals surface area contributed by atoms with Crippen molar-refractivity contribution in [3.05, 3.63) is 18.0 Å². The second-order valence-electron chi connectivity index (χ2n) is 5.95.